The molecule has 3 amide bonds. The summed E-state index contributed by atoms with van der Waals surface area (Å²) >= 11 is 6.43. The summed E-state index contributed by atoms with van der Waals surface area (Å²) in [6, 6.07) is 7.72. The Hall–Kier alpha value is -3.31. The molecule has 4 rings (SSSR count). The van der Waals surface area contributed by atoms with Gasteiger partial charge < -0.3 is 14.8 Å². The number of nitrogens with zero attached hydrogens (tertiary/aromatic N) is 2. The lowest BCUT2D eigenvalue weighted by molar-refractivity contribution is -0.135. The molecule has 2 atom stereocenters. The van der Waals surface area contributed by atoms with Crippen LogP contribution in [0.3, 0.4) is 0 Å². The SMILES string of the molecule is COC(=O)N1CCOCC1C(=O)N(c1cccc(F)c1)C(C(=O)NC1CC(F)(F)C1)c1ccccc1Cl. The largest absolute Gasteiger partial charge is 0.453 e. The van der Waals surface area contributed by atoms with Gasteiger partial charge in [-0.25, -0.2) is 18.0 Å². The predicted molar refractivity (Wildman–Crippen MR) is 128 cm³/mol. The minimum absolute atomic E-state index is 0.000557. The molecule has 0 aromatic heterocycles. The maximum Gasteiger partial charge on any atom is 0.410 e. The molecule has 1 saturated carbocycles. The Bertz CT molecular complexity index is 1180. The van der Waals surface area contributed by atoms with Crippen molar-refractivity contribution in [1.29, 1.82) is 0 Å². The van der Waals surface area contributed by atoms with Crippen LogP contribution in [0, 0.1) is 5.82 Å². The molecule has 0 spiro atoms. The van der Waals surface area contributed by atoms with Gasteiger partial charge in [0.2, 0.25) is 5.91 Å². The molecule has 1 N–H and O–H groups in total. The zero-order chi connectivity index (χ0) is 26.7. The topological polar surface area (TPSA) is 88.2 Å². The van der Waals surface area contributed by atoms with E-state index in [2.05, 4.69) is 5.32 Å². The number of carbonyl (C=O) groups is 3. The molecular weight excluding hydrogens is 515 g/mol. The first kappa shape index (κ1) is 26.7. The van der Waals surface area contributed by atoms with E-state index in [0.717, 1.165) is 29.0 Å². The minimum atomic E-state index is -2.89. The molecule has 1 aliphatic carbocycles. The van der Waals surface area contributed by atoms with Gasteiger partial charge in [-0.2, -0.15) is 0 Å². The van der Waals surface area contributed by atoms with Crippen LogP contribution >= 0.6 is 11.6 Å². The van der Waals surface area contributed by atoms with E-state index in [1.807, 2.05) is 0 Å². The summed E-state index contributed by atoms with van der Waals surface area (Å²) in [7, 11) is 1.16. The monoisotopic (exact) mass is 539 g/mol. The predicted octanol–water partition coefficient (Wildman–Crippen LogP) is 3.93. The normalized spacial score (nSPS) is 19.9. The van der Waals surface area contributed by atoms with Gasteiger partial charge >= 0.3 is 6.09 Å². The standard InChI is InChI=1S/C25H25ClF3N3O5/c1-36-24(35)31-9-10-37-14-20(31)23(34)32(17-6-4-5-15(27)11-17)21(18-7-2-3-8-19(18)26)22(33)30-16-12-25(28,29)13-16/h2-8,11,16,20-21H,9-10,12-14H2,1H3,(H,30,33). The molecule has 198 valence electrons. The summed E-state index contributed by atoms with van der Waals surface area (Å²) in [5.74, 6) is -5.13. The number of hydrogen-bond donors (Lipinski definition) is 1. The third kappa shape index (κ3) is 5.83. The molecule has 2 aliphatic rings. The average Bonchev–Trinajstić information content (AvgIpc) is 2.85. The molecule has 1 saturated heterocycles. The van der Waals surface area contributed by atoms with Crippen molar-refractivity contribution >= 4 is 35.2 Å². The molecule has 2 fully saturated rings. The summed E-state index contributed by atoms with van der Waals surface area (Å²) in [6.07, 6.45) is -1.88. The molecule has 12 heteroatoms. The first-order valence-corrected chi connectivity index (χ1v) is 11.9. The summed E-state index contributed by atoms with van der Waals surface area (Å²) in [5.41, 5.74) is 0.186. The summed E-state index contributed by atoms with van der Waals surface area (Å²) < 4.78 is 51.5. The first-order chi connectivity index (χ1) is 17.6. The van der Waals surface area contributed by atoms with Gasteiger partial charge in [-0.05, 0) is 24.3 Å². The van der Waals surface area contributed by atoms with Crippen LogP contribution in [-0.4, -0.2) is 67.7 Å². The van der Waals surface area contributed by atoms with Crippen molar-refractivity contribution in [2.75, 3.05) is 31.8 Å². The maximum absolute atomic E-state index is 14.3. The second kappa shape index (κ2) is 11.0. The highest BCUT2D eigenvalue weighted by molar-refractivity contribution is 6.31. The summed E-state index contributed by atoms with van der Waals surface area (Å²) in [6.45, 7) is -0.00515. The number of ether oxygens (including phenoxy) is 2. The Morgan fingerprint density at radius 1 is 1.19 bits per heavy atom. The molecule has 2 aromatic carbocycles. The summed E-state index contributed by atoms with van der Waals surface area (Å²) in [4.78, 5) is 42.3. The minimum Gasteiger partial charge on any atom is -0.453 e. The zero-order valence-electron chi connectivity index (χ0n) is 19.8. The van der Waals surface area contributed by atoms with Gasteiger partial charge in [-0.3, -0.25) is 19.4 Å². The highest BCUT2D eigenvalue weighted by Crippen LogP contribution is 2.39. The van der Waals surface area contributed by atoms with Crippen molar-refractivity contribution in [3.05, 3.63) is 64.9 Å². The van der Waals surface area contributed by atoms with Gasteiger partial charge in [0.15, 0.2) is 0 Å². The van der Waals surface area contributed by atoms with Gasteiger partial charge in [0.1, 0.15) is 17.9 Å². The Balaban J connectivity index is 1.80. The van der Waals surface area contributed by atoms with Crippen LogP contribution in [0.5, 0.6) is 0 Å². The Morgan fingerprint density at radius 3 is 2.57 bits per heavy atom. The summed E-state index contributed by atoms with van der Waals surface area (Å²) in [5, 5.41) is 2.69. The van der Waals surface area contributed by atoms with Gasteiger partial charge in [0.05, 0.1) is 20.3 Å². The lowest BCUT2D eigenvalue weighted by atomic mass is 9.87. The number of carbonyl (C=O) groups excluding carboxylic acids is 3. The van der Waals surface area contributed by atoms with E-state index in [1.54, 1.807) is 12.1 Å². The highest BCUT2D eigenvalue weighted by Gasteiger charge is 2.48. The van der Waals surface area contributed by atoms with E-state index in [-0.39, 0.29) is 36.0 Å². The van der Waals surface area contributed by atoms with E-state index >= 15 is 0 Å². The number of halogens is 4. The van der Waals surface area contributed by atoms with Gasteiger partial charge in [-0.15, -0.1) is 0 Å². The van der Waals surface area contributed by atoms with E-state index in [4.69, 9.17) is 21.1 Å². The second-order valence-electron chi connectivity index (χ2n) is 8.84. The van der Waals surface area contributed by atoms with E-state index < -0.39 is 60.6 Å². The van der Waals surface area contributed by atoms with Crippen molar-refractivity contribution in [2.24, 2.45) is 0 Å². The molecule has 8 nitrogen and oxygen atoms in total. The molecule has 0 radical (unpaired) electrons. The van der Waals surface area contributed by atoms with Crippen LogP contribution in [0.15, 0.2) is 48.5 Å². The Morgan fingerprint density at radius 2 is 1.92 bits per heavy atom. The molecule has 0 bridgehead atoms. The number of benzene rings is 2. The zero-order valence-corrected chi connectivity index (χ0v) is 20.6. The number of methoxy groups -OCH3 is 1. The molecule has 2 aromatic rings. The number of anilines is 1. The van der Waals surface area contributed by atoms with Crippen LogP contribution in [0.4, 0.5) is 23.7 Å². The number of nitrogens with one attached hydrogen (secondary N) is 1. The lowest BCUT2D eigenvalue weighted by Crippen LogP contribution is -2.59. The van der Waals surface area contributed by atoms with Gasteiger partial charge in [0, 0.05) is 41.7 Å². The highest BCUT2D eigenvalue weighted by atomic mass is 35.5. The molecule has 1 heterocycles. The quantitative estimate of drug-likeness (QED) is 0.601. The fraction of sp³-hybridized carbons (Fsp3) is 0.400. The third-order valence-electron chi connectivity index (χ3n) is 6.29. The number of alkyl halides is 2. The smallest absolute Gasteiger partial charge is 0.410 e. The number of hydrogen-bond acceptors (Lipinski definition) is 5. The van der Waals surface area contributed by atoms with E-state index in [1.165, 1.54) is 24.3 Å². The van der Waals surface area contributed by atoms with Crippen molar-refractivity contribution in [2.45, 2.75) is 36.9 Å². The van der Waals surface area contributed by atoms with Crippen molar-refractivity contribution in [3.63, 3.8) is 0 Å². The van der Waals surface area contributed by atoms with Crippen molar-refractivity contribution in [3.8, 4) is 0 Å². The average molecular weight is 540 g/mol. The second-order valence-corrected chi connectivity index (χ2v) is 9.24. The van der Waals surface area contributed by atoms with Crippen LogP contribution in [0.2, 0.25) is 5.02 Å². The van der Waals surface area contributed by atoms with E-state index in [0.29, 0.717) is 0 Å². The first-order valence-electron chi connectivity index (χ1n) is 11.5. The molecule has 1 aliphatic heterocycles. The lowest BCUT2D eigenvalue weighted by Gasteiger charge is -2.41. The molecule has 37 heavy (non-hydrogen) atoms. The molecule has 2 unspecified atom stereocenters. The van der Waals surface area contributed by atoms with Crippen LogP contribution in [0.25, 0.3) is 0 Å². The number of rotatable bonds is 6. The Kier molecular flexibility index (Phi) is 7.93. The van der Waals surface area contributed by atoms with E-state index in [9.17, 15) is 27.6 Å². The van der Waals surface area contributed by atoms with Crippen molar-refractivity contribution in [1.82, 2.24) is 10.2 Å². The third-order valence-corrected chi connectivity index (χ3v) is 6.63. The number of amides is 3. The van der Waals surface area contributed by atoms with Crippen LogP contribution in [0.1, 0.15) is 24.4 Å². The van der Waals surface area contributed by atoms with Crippen molar-refractivity contribution < 1.29 is 37.0 Å². The molecular formula is C25H25ClF3N3O5. The van der Waals surface area contributed by atoms with Crippen LogP contribution in [-0.2, 0) is 19.1 Å². The Labute approximate surface area is 216 Å². The van der Waals surface area contributed by atoms with Gasteiger partial charge in [0.25, 0.3) is 11.8 Å². The number of morpholine rings is 1. The fourth-order valence-electron chi connectivity index (χ4n) is 4.47. The maximum atomic E-state index is 14.3. The van der Waals surface area contributed by atoms with Gasteiger partial charge in [-0.1, -0.05) is 35.9 Å². The van der Waals surface area contributed by atoms with Crippen LogP contribution < -0.4 is 10.2 Å². The fourth-order valence-corrected chi connectivity index (χ4v) is 4.71.